The number of amides is 2. The number of aliphatic imine (C=N–C) groups is 1. The molecule has 1 saturated heterocycles. The van der Waals surface area contributed by atoms with Gasteiger partial charge in [-0.15, -0.1) is 0 Å². The van der Waals surface area contributed by atoms with E-state index < -0.39 is 0 Å². The van der Waals surface area contributed by atoms with E-state index in [1.165, 1.54) is 56.9 Å². The topological polar surface area (TPSA) is 47.9 Å². The summed E-state index contributed by atoms with van der Waals surface area (Å²) in [5.41, 5.74) is 1.14. The molecular weight excluding hydrogens is 396 g/mol. The van der Waals surface area contributed by atoms with Crippen LogP contribution < -0.4 is 5.32 Å². The summed E-state index contributed by atoms with van der Waals surface area (Å²) in [6, 6.07) is 12.1. The zero-order chi connectivity index (χ0) is 22.0. The summed E-state index contributed by atoms with van der Waals surface area (Å²) in [5.74, 6) is 1.01. The van der Waals surface area contributed by atoms with Gasteiger partial charge in [-0.25, -0.2) is 4.79 Å². The van der Waals surface area contributed by atoms with Crippen molar-refractivity contribution in [3.8, 4) is 0 Å². The quantitative estimate of drug-likeness (QED) is 0.678. The van der Waals surface area contributed by atoms with Crippen molar-refractivity contribution in [2.24, 2.45) is 4.99 Å². The zero-order valence-electron chi connectivity index (χ0n) is 19.8. The summed E-state index contributed by atoms with van der Waals surface area (Å²) in [4.78, 5) is 23.0. The number of piperidine rings is 1. The highest BCUT2D eigenvalue weighted by Gasteiger charge is 2.55. The number of urea groups is 1. The van der Waals surface area contributed by atoms with Gasteiger partial charge in [0.15, 0.2) is 0 Å². The van der Waals surface area contributed by atoms with E-state index in [0.29, 0.717) is 18.1 Å². The summed E-state index contributed by atoms with van der Waals surface area (Å²) in [6.45, 7) is 4.35. The van der Waals surface area contributed by atoms with Crippen molar-refractivity contribution in [3.63, 3.8) is 0 Å². The molecule has 2 aliphatic carbocycles. The van der Waals surface area contributed by atoms with E-state index >= 15 is 0 Å². The first kappa shape index (κ1) is 21.9. The molecular formula is C27H40N4O. The van der Waals surface area contributed by atoms with Gasteiger partial charge in [-0.3, -0.25) is 4.90 Å². The number of hydrogen-bond donors (Lipinski definition) is 1. The minimum atomic E-state index is -0.233. The van der Waals surface area contributed by atoms with Crippen LogP contribution in [0.3, 0.4) is 0 Å². The molecule has 2 saturated carbocycles. The lowest BCUT2D eigenvalue weighted by molar-refractivity contribution is 0.0326. The van der Waals surface area contributed by atoms with Crippen molar-refractivity contribution in [1.29, 1.82) is 0 Å². The maximum Gasteiger partial charge on any atom is 0.346 e. The third-order valence-corrected chi connectivity index (χ3v) is 8.50. The molecule has 5 rings (SSSR count). The summed E-state index contributed by atoms with van der Waals surface area (Å²) in [6.07, 6.45) is 14.4. The Morgan fingerprint density at radius 3 is 2.38 bits per heavy atom. The number of nitrogens with zero attached hydrogens (tertiary/aromatic N) is 3. The van der Waals surface area contributed by atoms with E-state index in [9.17, 15) is 4.79 Å². The maximum absolute atomic E-state index is 13.4. The maximum atomic E-state index is 13.4. The highest BCUT2D eigenvalue weighted by atomic mass is 16.2. The van der Waals surface area contributed by atoms with Gasteiger partial charge in [0.05, 0.1) is 0 Å². The van der Waals surface area contributed by atoms with Crippen LogP contribution in [-0.2, 0) is 6.54 Å². The first-order chi connectivity index (χ1) is 15.7. The number of carbonyl (C=O) groups excluding carboxylic acids is 1. The smallest absolute Gasteiger partial charge is 0.346 e. The van der Waals surface area contributed by atoms with Crippen molar-refractivity contribution in [3.05, 3.63) is 35.9 Å². The van der Waals surface area contributed by atoms with Crippen LogP contribution in [0.2, 0.25) is 0 Å². The van der Waals surface area contributed by atoms with Gasteiger partial charge in [-0.1, -0.05) is 68.9 Å². The molecule has 1 N–H and O–H groups in total. The molecule has 1 aromatic rings. The van der Waals surface area contributed by atoms with Gasteiger partial charge in [-0.05, 0) is 51.0 Å². The third-order valence-electron chi connectivity index (χ3n) is 8.50. The molecule has 1 aromatic carbocycles. The van der Waals surface area contributed by atoms with E-state index in [2.05, 4.69) is 52.4 Å². The Morgan fingerprint density at radius 2 is 1.69 bits per heavy atom. The van der Waals surface area contributed by atoms with E-state index in [1.54, 1.807) is 0 Å². The largest absolute Gasteiger partial charge is 0.369 e. The highest BCUT2D eigenvalue weighted by molar-refractivity contribution is 6.07. The van der Waals surface area contributed by atoms with Crippen LogP contribution in [0.25, 0.3) is 0 Å². The minimum absolute atomic E-state index is 0.0268. The Labute approximate surface area is 193 Å². The fourth-order valence-corrected chi connectivity index (χ4v) is 6.76. The fourth-order valence-electron chi connectivity index (χ4n) is 6.76. The molecule has 174 valence electrons. The Morgan fingerprint density at radius 1 is 1.00 bits per heavy atom. The van der Waals surface area contributed by atoms with Crippen LogP contribution >= 0.6 is 0 Å². The average molecular weight is 437 g/mol. The second kappa shape index (κ2) is 9.54. The lowest BCUT2D eigenvalue weighted by Gasteiger charge is -2.51. The van der Waals surface area contributed by atoms with Crippen molar-refractivity contribution in [2.75, 3.05) is 6.54 Å². The number of carbonyl (C=O) groups is 1. The Kier molecular flexibility index (Phi) is 6.54. The van der Waals surface area contributed by atoms with Crippen LogP contribution in [0.5, 0.6) is 0 Å². The number of benzene rings is 1. The molecule has 32 heavy (non-hydrogen) atoms. The highest BCUT2D eigenvalue weighted by Crippen LogP contribution is 2.42. The molecule has 2 heterocycles. The summed E-state index contributed by atoms with van der Waals surface area (Å²) < 4.78 is 0. The summed E-state index contributed by atoms with van der Waals surface area (Å²) >= 11 is 0. The average Bonchev–Trinajstić information content (AvgIpc) is 3.08. The summed E-state index contributed by atoms with van der Waals surface area (Å²) in [5, 5.41) is 3.83. The molecule has 1 spiro atoms. The summed E-state index contributed by atoms with van der Waals surface area (Å²) in [7, 11) is 0. The predicted octanol–water partition coefficient (Wildman–Crippen LogP) is 5.50. The Hall–Kier alpha value is -1.88. The van der Waals surface area contributed by atoms with Crippen LogP contribution in [0.4, 0.5) is 4.79 Å². The number of nitrogens with one attached hydrogen (secondary N) is 1. The van der Waals surface area contributed by atoms with E-state index in [4.69, 9.17) is 4.99 Å². The fraction of sp³-hybridized carbons (Fsp3) is 0.704. The standard InChI is InChI=1S/C27H40N4O/c1-21-19-27(17-18-30(21)20-22-11-5-2-6-12-22)25(28-23-13-7-3-8-14-23)29-26(32)31(27)24-15-9-4-10-16-24/h2,5-6,11-12,21,23-24H,3-4,7-10,13-20H2,1H3,(H,28,29,32). The van der Waals surface area contributed by atoms with Gasteiger partial charge >= 0.3 is 6.03 Å². The van der Waals surface area contributed by atoms with Crippen molar-refractivity contribution < 1.29 is 4.79 Å². The lowest BCUT2D eigenvalue weighted by Crippen LogP contribution is -2.65. The number of likely N-dealkylation sites (tertiary alicyclic amines) is 1. The van der Waals surface area contributed by atoms with Crippen LogP contribution in [-0.4, -0.2) is 51.9 Å². The lowest BCUT2D eigenvalue weighted by atomic mass is 9.78. The molecule has 0 aromatic heterocycles. The van der Waals surface area contributed by atoms with E-state index in [-0.39, 0.29) is 11.6 Å². The first-order valence-electron chi connectivity index (χ1n) is 13.1. The molecule has 0 bridgehead atoms. The van der Waals surface area contributed by atoms with E-state index in [0.717, 1.165) is 44.6 Å². The minimum Gasteiger partial charge on any atom is -0.369 e. The van der Waals surface area contributed by atoms with Crippen LogP contribution in [0.15, 0.2) is 35.3 Å². The third kappa shape index (κ3) is 4.33. The second-order valence-electron chi connectivity index (χ2n) is 10.7. The predicted molar refractivity (Wildman–Crippen MR) is 130 cm³/mol. The molecule has 5 heteroatoms. The molecule has 2 unspecified atom stereocenters. The molecule has 3 fully saturated rings. The molecule has 2 amide bonds. The number of rotatable bonds is 4. The monoisotopic (exact) mass is 436 g/mol. The van der Waals surface area contributed by atoms with Gasteiger partial charge in [0.25, 0.3) is 0 Å². The van der Waals surface area contributed by atoms with Crippen LogP contribution in [0, 0.1) is 0 Å². The van der Waals surface area contributed by atoms with Crippen molar-refractivity contribution >= 4 is 11.9 Å². The van der Waals surface area contributed by atoms with E-state index in [1.807, 2.05) is 0 Å². The molecule has 2 atom stereocenters. The zero-order valence-corrected chi connectivity index (χ0v) is 19.8. The first-order valence-corrected chi connectivity index (χ1v) is 13.1. The Bertz CT molecular complexity index is 812. The number of hydrogen-bond acceptors (Lipinski definition) is 3. The van der Waals surface area contributed by atoms with Gasteiger partial charge in [0.1, 0.15) is 11.4 Å². The van der Waals surface area contributed by atoms with Crippen molar-refractivity contribution in [2.45, 2.75) is 114 Å². The molecule has 5 nitrogen and oxygen atoms in total. The van der Waals surface area contributed by atoms with Gasteiger partial charge in [-0.2, -0.15) is 4.99 Å². The molecule has 0 radical (unpaired) electrons. The SMILES string of the molecule is CC1CC2(CCN1Cc1ccccc1)C(NC1CCCCC1)=NC(=O)N2C1CCCCC1. The molecule has 4 aliphatic rings. The van der Waals surface area contributed by atoms with Gasteiger partial charge in [0.2, 0.25) is 0 Å². The Balaban J connectivity index is 1.38. The normalized spacial score (nSPS) is 30.7. The van der Waals surface area contributed by atoms with Gasteiger partial charge < -0.3 is 10.2 Å². The number of amidine groups is 1. The second-order valence-corrected chi connectivity index (χ2v) is 10.7. The van der Waals surface area contributed by atoms with Crippen molar-refractivity contribution in [1.82, 2.24) is 15.1 Å². The van der Waals surface area contributed by atoms with Gasteiger partial charge in [0, 0.05) is 31.2 Å². The molecule has 2 aliphatic heterocycles. The van der Waals surface area contributed by atoms with Crippen LogP contribution in [0.1, 0.15) is 89.5 Å².